The lowest BCUT2D eigenvalue weighted by Gasteiger charge is -2.18. The van der Waals surface area contributed by atoms with Gasteiger partial charge in [-0.25, -0.2) is 0 Å². The number of carbonyl (C=O) groups is 2. The molecule has 2 aromatic carbocycles. The van der Waals surface area contributed by atoms with Crippen molar-refractivity contribution in [1.82, 2.24) is 4.90 Å². The Balaban J connectivity index is 0.00000392. The number of rotatable bonds is 7. The van der Waals surface area contributed by atoms with Gasteiger partial charge >= 0.3 is 0 Å². The number of hydrogen-bond donors (Lipinski definition) is 2. The van der Waals surface area contributed by atoms with Gasteiger partial charge in [-0.05, 0) is 11.6 Å². The fraction of sp³-hybridized carbons (Fsp3) is 0.300. The Morgan fingerprint density at radius 1 is 1.07 bits per heavy atom. The molecule has 0 saturated carbocycles. The highest BCUT2D eigenvalue weighted by Crippen LogP contribution is 2.34. The van der Waals surface area contributed by atoms with Crippen LogP contribution in [0.3, 0.4) is 0 Å². The average molecular weight is 408 g/mol. The minimum absolute atomic E-state index is 0. The molecule has 1 unspecified atom stereocenters. The zero-order valence-electron chi connectivity index (χ0n) is 16.4. The van der Waals surface area contributed by atoms with Crippen molar-refractivity contribution in [3.8, 4) is 11.5 Å². The van der Waals surface area contributed by atoms with Crippen molar-refractivity contribution >= 4 is 29.9 Å². The lowest BCUT2D eigenvalue weighted by molar-refractivity contribution is -0.116. The Labute approximate surface area is 171 Å². The van der Waals surface area contributed by atoms with Crippen LogP contribution < -0.4 is 20.5 Å². The molecule has 7 nitrogen and oxygen atoms in total. The second kappa shape index (κ2) is 10.5. The van der Waals surface area contributed by atoms with Crippen molar-refractivity contribution in [3.05, 3.63) is 53.6 Å². The molecule has 0 aliphatic heterocycles. The summed E-state index contributed by atoms with van der Waals surface area (Å²) < 4.78 is 10.5. The van der Waals surface area contributed by atoms with Gasteiger partial charge < -0.3 is 25.4 Å². The van der Waals surface area contributed by atoms with E-state index in [0.29, 0.717) is 22.7 Å². The molecule has 0 radical (unpaired) electrons. The molecule has 1 atom stereocenters. The van der Waals surface area contributed by atoms with E-state index in [2.05, 4.69) is 5.32 Å². The summed E-state index contributed by atoms with van der Waals surface area (Å²) in [5, 5.41) is 2.77. The maximum atomic E-state index is 12.5. The molecule has 2 aromatic rings. The summed E-state index contributed by atoms with van der Waals surface area (Å²) >= 11 is 0. The SMILES string of the molecule is COc1cc(NC(=O)CC(N)c2ccccc2)c(C(=O)N(C)C)cc1OC.Cl. The smallest absolute Gasteiger partial charge is 0.255 e. The molecule has 8 heteroatoms. The van der Waals surface area contributed by atoms with Gasteiger partial charge in [0, 0.05) is 32.6 Å². The van der Waals surface area contributed by atoms with Gasteiger partial charge in [0.2, 0.25) is 5.91 Å². The van der Waals surface area contributed by atoms with Crippen LogP contribution >= 0.6 is 12.4 Å². The number of hydrogen-bond acceptors (Lipinski definition) is 5. The number of anilines is 1. The summed E-state index contributed by atoms with van der Waals surface area (Å²) in [6, 6.07) is 12.0. The molecule has 152 valence electrons. The van der Waals surface area contributed by atoms with Gasteiger partial charge in [-0.15, -0.1) is 12.4 Å². The first-order valence-electron chi connectivity index (χ1n) is 8.45. The number of benzene rings is 2. The van der Waals surface area contributed by atoms with Crippen LogP contribution in [0.5, 0.6) is 11.5 Å². The van der Waals surface area contributed by atoms with Crippen molar-refractivity contribution in [3.63, 3.8) is 0 Å². The first-order valence-corrected chi connectivity index (χ1v) is 8.45. The monoisotopic (exact) mass is 407 g/mol. The van der Waals surface area contributed by atoms with E-state index in [1.807, 2.05) is 30.3 Å². The van der Waals surface area contributed by atoms with Gasteiger partial charge in [0.1, 0.15) is 0 Å². The molecule has 2 rings (SSSR count). The zero-order chi connectivity index (χ0) is 20.0. The van der Waals surface area contributed by atoms with E-state index in [1.165, 1.54) is 19.1 Å². The number of amides is 2. The lowest BCUT2D eigenvalue weighted by atomic mass is 10.0. The molecule has 3 N–H and O–H groups in total. The molecule has 28 heavy (non-hydrogen) atoms. The second-order valence-corrected chi connectivity index (χ2v) is 6.22. The first kappa shape index (κ1) is 23.3. The third-order valence-corrected chi connectivity index (χ3v) is 4.07. The van der Waals surface area contributed by atoms with Crippen LogP contribution in [0.15, 0.2) is 42.5 Å². The summed E-state index contributed by atoms with van der Waals surface area (Å²) in [5.74, 6) is 0.252. The Bertz CT molecular complexity index is 813. The molecule has 0 aliphatic rings. The molecule has 0 spiro atoms. The number of nitrogens with two attached hydrogens (primary N) is 1. The highest BCUT2D eigenvalue weighted by Gasteiger charge is 2.20. The van der Waals surface area contributed by atoms with Crippen molar-refractivity contribution < 1.29 is 19.1 Å². The van der Waals surface area contributed by atoms with Crippen LogP contribution in [0, 0.1) is 0 Å². The van der Waals surface area contributed by atoms with E-state index < -0.39 is 6.04 Å². The number of nitrogens with one attached hydrogen (secondary N) is 1. The minimum Gasteiger partial charge on any atom is -0.493 e. The highest BCUT2D eigenvalue weighted by molar-refractivity contribution is 6.04. The topological polar surface area (TPSA) is 93.9 Å². The van der Waals surface area contributed by atoms with Crippen LogP contribution in [0.1, 0.15) is 28.4 Å². The number of carbonyl (C=O) groups excluding carboxylic acids is 2. The Kier molecular flexibility index (Phi) is 8.76. The number of halogens is 1. The predicted molar refractivity (Wildman–Crippen MR) is 111 cm³/mol. The van der Waals surface area contributed by atoms with E-state index in [4.69, 9.17) is 15.2 Å². The average Bonchev–Trinajstić information content (AvgIpc) is 2.67. The largest absolute Gasteiger partial charge is 0.493 e. The van der Waals surface area contributed by atoms with Gasteiger partial charge in [-0.1, -0.05) is 30.3 Å². The van der Waals surface area contributed by atoms with Gasteiger partial charge in [-0.2, -0.15) is 0 Å². The van der Waals surface area contributed by atoms with Gasteiger partial charge in [-0.3, -0.25) is 9.59 Å². The van der Waals surface area contributed by atoms with Crippen LogP contribution in [-0.2, 0) is 4.79 Å². The van der Waals surface area contributed by atoms with E-state index in [-0.39, 0.29) is 30.6 Å². The predicted octanol–water partition coefficient (Wildman–Crippen LogP) is 2.86. The maximum absolute atomic E-state index is 12.5. The Hall–Kier alpha value is -2.77. The lowest BCUT2D eigenvalue weighted by Crippen LogP contribution is -2.25. The minimum atomic E-state index is -0.445. The molecule has 2 amide bonds. The van der Waals surface area contributed by atoms with Crippen LogP contribution in [0.4, 0.5) is 5.69 Å². The summed E-state index contributed by atoms with van der Waals surface area (Å²) in [6.45, 7) is 0. The number of nitrogens with zero attached hydrogens (tertiary/aromatic N) is 1. The van der Waals surface area contributed by atoms with Crippen LogP contribution in [0.2, 0.25) is 0 Å². The normalized spacial score (nSPS) is 11.0. The third kappa shape index (κ3) is 5.61. The Morgan fingerprint density at radius 3 is 2.18 bits per heavy atom. The summed E-state index contributed by atoms with van der Waals surface area (Å²) in [6.07, 6.45) is 0.0773. The molecular weight excluding hydrogens is 382 g/mol. The zero-order valence-corrected chi connectivity index (χ0v) is 17.2. The van der Waals surface area contributed by atoms with Crippen LogP contribution in [0.25, 0.3) is 0 Å². The summed E-state index contributed by atoms with van der Waals surface area (Å²) in [5.41, 5.74) is 7.63. The highest BCUT2D eigenvalue weighted by atomic mass is 35.5. The summed E-state index contributed by atoms with van der Waals surface area (Å²) in [7, 11) is 6.24. The number of methoxy groups -OCH3 is 2. The van der Waals surface area contributed by atoms with E-state index in [9.17, 15) is 9.59 Å². The first-order chi connectivity index (χ1) is 12.9. The van der Waals surface area contributed by atoms with E-state index in [0.717, 1.165) is 5.56 Å². The van der Waals surface area contributed by atoms with Crippen LogP contribution in [-0.4, -0.2) is 45.0 Å². The Morgan fingerprint density at radius 2 is 1.64 bits per heavy atom. The fourth-order valence-corrected chi connectivity index (χ4v) is 2.62. The quantitative estimate of drug-likeness (QED) is 0.736. The second-order valence-electron chi connectivity index (χ2n) is 6.22. The van der Waals surface area contributed by atoms with Gasteiger partial charge in [0.05, 0.1) is 25.5 Å². The third-order valence-electron chi connectivity index (χ3n) is 4.07. The van der Waals surface area contributed by atoms with Crippen molar-refractivity contribution in [2.45, 2.75) is 12.5 Å². The fourth-order valence-electron chi connectivity index (χ4n) is 2.62. The van der Waals surface area contributed by atoms with Crippen molar-refractivity contribution in [1.29, 1.82) is 0 Å². The molecule has 0 aliphatic carbocycles. The van der Waals surface area contributed by atoms with E-state index in [1.54, 1.807) is 26.2 Å². The molecule has 0 aromatic heterocycles. The molecular formula is C20H26ClN3O4. The maximum Gasteiger partial charge on any atom is 0.255 e. The molecule has 0 bridgehead atoms. The standard InChI is InChI=1S/C20H25N3O4.ClH/c1-23(2)20(25)14-10-17(26-3)18(27-4)12-16(14)22-19(24)11-15(21)13-8-6-5-7-9-13;/h5-10,12,15H,11,21H2,1-4H3,(H,22,24);1H. The van der Waals surface area contributed by atoms with Crippen molar-refractivity contribution in [2.75, 3.05) is 33.6 Å². The molecule has 0 fully saturated rings. The van der Waals surface area contributed by atoms with E-state index >= 15 is 0 Å². The summed E-state index contributed by atoms with van der Waals surface area (Å²) in [4.78, 5) is 26.4. The molecule has 0 saturated heterocycles. The molecule has 0 heterocycles. The number of ether oxygens (including phenoxy) is 2. The van der Waals surface area contributed by atoms with Gasteiger partial charge in [0.25, 0.3) is 5.91 Å². The van der Waals surface area contributed by atoms with Crippen molar-refractivity contribution in [2.24, 2.45) is 5.73 Å². The van der Waals surface area contributed by atoms with Gasteiger partial charge in [0.15, 0.2) is 11.5 Å².